The number of sulfonamides is 1. The molecule has 0 saturated heterocycles. The lowest BCUT2D eigenvalue weighted by Gasteiger charge is -2.31. The second-order valence-corrected chi connectivity index (χ2v) is 9.10. The fraction of sp³-hybridized carbons (Fsp3) is 0.381. The number of nitrogens with zero attached hydrogens (tertiary/aromatic N) is 1. The fourth-order valence-electron chi connectivity index (χ4n) is 3.58. The quantitative estimate of drug-likeness (QED) is 0.798. The van der Waals surface area contributed by atoms with Crippen molar-refractivity contribution in [3.63, 3.8) is 0 Å². The lowest BCUT2D eigenvalue weighted by Crippen LogP contribution is -2.47. The topological polar surface area (TPSA) is 66.5 Å². The molecule has 7 heteroatoms. The molecule has 1 amide bonds. The maximum Gasteiger partial charge on any atom is 0.264 e. The first-order valence-electron chi connectivity index (χ1n) is 9.50. The van der Waals surface area contributed by atoms with E-state index in [4.69, 9.17) is 0 Å². The number of rotatable bonds is 6. The van der Waals surface area contributed by atoms with Gasteiger partial charge < -0.3 is 5.32 Å². The first-order valence-corrected chi connectivity index (χ1v) is 10.9. The molecule has 1 aliphatic rings. The van der Waals surface area contributed by atoms with Gasteiger partial charge in [0.2, 0.25) is 5.91 Å². The van der Waals surface area contributed by atoms with Crippen LogP contribution in [0.3, 0.4) is 0 Å². The molecule has 1 saturated carbocycles. The molecule has 2 unspecified atom stereocenters. The van der Waals surface area contributed by atoms with Crippen LogP contribution in [-0.2, 0) is 14.8 Å². The Kier molecular flexibility index (Phi) is 6.34. The number of hydrogen-bond acceptors (Lipinski definition) is 3. The Hall–Kier alpha value is -2.41. The van der Waals surface area contributed by atoms with Gasteiger partial charge in [-0.1, -0.05) is 44.0 Å². The van der Waals surface area contributed by atoms with Crippen molar-refractivity contribution in [1.82, 2.24) is 5.32 Å². The zero-order valence-corrected chi connectivity index (χ0v) is 16.7. The van der Waals surface area contributed by atoms with Gasteiger partial charge in [0.25, 0.3) is 10.0 Å². The monoisotopic (exact) mass is 404 g/mol. The van der Waals surface area contributed by atoms with E-state index in [1.807, 2.05) is 0 Å². The van der Waals surface area contributed by atoms with Crippen LogP contribution in [0, 0.1) is 11.7 Å². The Morgan fingerprint density at radius 2 is 1.82 bits per heavy atom. The zero-order chi connectivity index (χ0) is 20.1. The van der Waals surface area contributed by atoms with Crippen LogP contribution in [0.25, 0.3) is 0 Å². The predicted molar refractivity (Wildman–Crippen MR) is 107 cm³/mol. The number of nitrogens with one attached hydrogen (secondary N) is 1. The van der Waals surface area contributed by atoms with Gasteiger partial charge in [0.15, 0.2) is 0 Å². The summed E-state index contributed by atoms with van der Waals surface area (Å²) < 4.78 is 41.0. The molecule has 0 aromatic heterocycles. The van der Waals surface area contributed by atoms with Crippen LogP contribution in [0.2, 0.25) is 0 Å². The summed E-state index contributed by atoms with van der Waals surface area (Å²) in [7, 11) is -4.01. The van der Waals surface area contributed by atoms with Crippen molar-refractivity contribution in [2.75, 3.05) is 10.8 Å². The van der Waals surface area contributed by atoms with Gasteiger partial charge in [-0.3, -0.25) is 9.10 Å². The molecule has 2 atom stereocenters. The van der Waals surface area contributed by atoms with Gasteiger partial charge in [0.05, 0.1) is 10.6 Å². The van der Waals surface area contributed by atoms with Crippen LogP contribution < -0.4 is 9.62 Å². The summed E-state index contributed by atoms with van der Waals surface area (Å²) in [5.74, 6) is -0.597. The fourth-order valence-corrected chi connectivity index (χ4v) is 5.01. The predicted octanol–water partition coefficient (Wildman–Crippen LogP) is 3.72. The van der Waals surface area contributed by atoms with E-state index in [1.165, 1.54) is 30.3 Å². The molecule has 0 bridgehead atoms. The van der Waals surface area contributed by atoms with Crippen molar-refractivity contribution in [2.45, 2.75) is 43.5 Å². The minimum Gasteiger partial charge on any atom is -0.352 e. The van der Waals surface area contributed by atoms with E-state index in [2.05, 4.69) is 12.2 Å². The van der Waals surface area contributed by atoms with Crippen molar-refractivity contribution < 1.29 is 17.6 Å². The Balaban J connectivity index is 1.87. The molecule has 1 N–H and O–H groups in total. The van der Waals surface area contributed by atoms with Gasteiger partial charge in [-0.2, -0.15) is 0 Å². The summed E-state index contributed by atoms with van der Waals surface area (Å²) in [6.45, 7) is 1.69. The van der Waals surface area contributed by atoms with Crippen LogP contribution in [0.1, 0.15) is 32.6 Å². The highest BCUT2D eigenvalue weighted by Crippen LogP contribution is 2.26. The van der Waals surface area contributed by atoms with Crippen molar-refractivity contribution in [1.29, 1.82) is 0 Å². The van der Waals surface area contributed by atoms with E-state index in [9.17, 15) is 17.6 Å². The average Bonchev–Trinajstić information content (AvgIpc) is 2.68. The summed E-state index contributed by atoms with van der Waals surface area (Å²) in [5, 5.41) is 2.97. The largest absolute Gasteiger partial charge is 0.352 e. The molecule has 0 aliphatic heterocycles. The molecular weight excluding hydrogens is 379 g/mol. The van der Waals surface area contributed by atoms with Crippen molar-refractivity contribution in [2.24, 2.45) is 5.92 Å². The van der Waals surface area contributed by atoms with E-state index in [0.29, 0.717) is 5.92 Å². The minimum atomic E-state index is -4.01. The molecule has 0 spiro atoms. The van der Waals surface area contributed by atoms with Crippen LogP contribution >= 0.6 is 0 Å². The molecular formula is C21H25FN2O3S. The summed E-state index contributed by atoms with van der Waals surface area (Å²) in [6.07, 6.45) is 4.12. The second kappa shape index (κ2) is 8.73. The van der Waals surface area contributed by atoms with E-state index in [1.54, 1.807) is 18.2 Å². The van der Waals surface area contributed by atoms with E-state index in [0.717, 1.165) is 36.1 Å². The maximum absolute atomic E-state index is 13.8. The van der Waals surface area contributed by atoms with Gasteiger partial charge in [-0.25, -0.2) is 12.8 Å². The average molecular weight is 405 g/mol. The number of carbonyl (C=O) groups excluding carboxylic acids is 1. The molecule has 2 aromatic rings. The maximum atomic E-state index is 13.8. The van der Waals surface area contributed by atoms with Gasteiger partial charge in [-0.15, -0.1) is 0 Å². The zero-order valence-electron chi connectivity index (χ0n) is 15.8. The van der Waals surface area contributed by atoms with Gasteiger partial charge in [0.1, 0.15) is 12.4 Å². The standard InChI is InChI=1S/C21H25FN2O3S/c1-16-8-5-6-13-20(16)23-21(25)15-24(18-10-7-9-17(22)14-18)28(26,27)19-11-3-2-4-12-19/h2-4,7,9-12,14,16,20H,5-6,8,13,15H2,1H3,(H,23,25). The third-order valence-electron chi connectivity index (χ3n) is 5.17. The third-order valence-corrected chi connectivity index (χ3v) is 6.96. The molecule has 5 nitrogen and oxygen atoms in total. The normalized spacial score (nSPS) is 19.8. The second-order valence-electron chi connectivity index (χ2n) is 7.24. The number of carbonyl (C=O) groups is 1. The molecule has 3 rings (SSSR count). The smallest absolute Gasteiger partial charge is 0.264 e. The Labute approximate surface area is 165 Å². The summed E-state index contributed by atoms with van der Waals surface area (Å²) in [6, 6.07) is 13.2. The van der Waals surface area contributed by atoms with E-state index in [-0.39, 0.29) is 22.5 Å². The van der Waals surface area contributed by atoms with Crippen LogP contribution in [0.15, 0.2) is 59.5 Å². The molecule has 1 aliphatic carbocycles. The van der Waals surface area contributed by atoms with Crippen molar-refractivity contribution in [3.05, 3.63) is 60.4 Å². The molecule has 2 aromatic carbocycles. The number of benzene rings is 2. The lowest BCUT2D eigenvalue weighted by atomic mass is 9.86. The number of amides is 1. The Morgan fingerprint density at radius 1 is 1.11 bits per heavy atom. The van der Waals surface area contributed by atoms with E-state index < -0.39 is 22.4 Å². The molecule has 0 radical (unpaired) electrons. The molecule has 150 valence electrons. The lowest BCUT2D eigenvalue weighted by molar-refractivity contribution is -0.120. The first kappa shape index (κ1) is 20.3. The first-order chi connectivity index (χ1) is 13.4. The highest BCUT2D eigenvalue weighted by atomic mass is 32.2. The summed E-state index contributed by atoms with van der Waals surface area (Å²) in [5.41, 5.74) is 0.121. The number of anilines is 1. The molecule has 0 heterocycles. The SMILES string of the molecule is CC1CCCCC1NC(=O)CN(c1cccc(F)c1)S(=O)(=O)c1ccccc1. The van der Waals surface area contributed by atoms with E-state index >= 15 is 0 Å². The van der Waals surface area contributed by atoms with Crippen molar-refractivity contribution >= 4 is 21.6 Å². The summed E-state index contributed by atoms with van der Waals surface area (Å²) in [4.78, 5) is 12.7. The minimum absolute atomic E-state index is 0.0371. The van der Waals surface area contributed by atoms with Gasteiger partial charge in [0, 0.05) is 6.04 Å². The number of hydrogen-bond donors (Lipinski definition) is 1. The van der Waals surface area contributed by atoms with Crippen LogP contribution in [-0.4, -0.2) is 26.9 Å². The highest BCUT2D eigenvalue weighted by Gasteiger charge is 2.29. The van der Waals surface area contributed by atoms with Gasteiger partial charge in [-0.05, 0) is 49.1 Å². The Morgan fingerprint density at radius 3 is 2.50 bits per heavy atom. The molecule has 28 heavy (non-hydrogen) atoms. The Bertz CT molecular complexity index is 918. The highest BCUT2D eigenvalue weighted by molar-refractivity contribution is 7.92. The summed E-state index contributed by atoms with van der Waals surface area (Å²) >= 11 is 0. The van der Waals surface area contributed by atoms with Gasteiger partial charge >= 0.3 is 0 Å². The number of halogens is 1. The van der Waals surface area contributed by atoms with Crippen molar-refractivity contribution in [3.8, 4) is 0 Å². The third kappa shape index (κ3) is 4.70. The van der Waals surface area contributed by atoms with Crippen LogP contribution in [0.5, 0.6) is 0 Å². The van der Waals surface area contributed by atoms with Crippen LogP contribution in [0.4, 0.5) is 10.1 Å². The molecule has 1 fully saturated rings.